The van der Waals surface area contributed by atoms with Crippen molar-refractivity contribution in [3.05, 3.63) is 42.1 Å². The van der Waals surface area contributed by atoms with E-state index in [9.17, 15) is 4.79 Å². The van der Waals surface area contributed by atoms with Crippen molar-refractivity contribution in [1.29, 1.82) is 0 Å². The first kappa shape index (κ1) is 18.0. The van der Waals surface area contributed by atoms with Gasteiger partial charge in [0, 0.05) is 17.8 Å². The number of carbonyl (C=O) groups is 1. The highest BCUT2D eigenvalue weighted by molar-refractivity contribution is 5.94. The molecule has 0 radical (unpaired) electrons. The average Bonchev–Trinajstić information content (AvgIpc) is 3.20. The number of fused-ring (bicyclic) bond motifs is 1. The van der Waals surface area contributed by atoms with E-state index >= 15 is 0 Å². The summed E-state index contributed by atoms with van der Waals surface area (Å²) < 4.78 is 1.81. The number of rotatable bonds is 3. The number of aromatic nitrogens is 2. The van der Waals surface area contributed by atoms with E-state index in [0.29, 0.717) is 17.8 Å². The number of nitrogens with one attached hydrogen (secondary N) is 2. The minimum Gasteiger partial charge on any atom is -0.308 e. The minimum absolute atomic E-state index is 0. The number of hydrogen-bond donors (Lipinski definition) is 2. The predicted molar refractivity (Wildman–Crippen MR) is 101 cm³/mol. The normalized spacial score (nSPS) is 25.1. The van der Waals surface area contributed by atoms with Crippen molar-refractivity contribution in [2.24, 2.45) is 5.92 Å². The maximum absolute atomic E-state index is 12.6. The number of hydrogen-bond acceptors (Lipinski definition) is 3. The Hall–Kier alpha value is -1.85. The summed E-state index contributed by atoms with van der Waals surface area (Å²) in [7, 11) is 0. The molecule has 6 heteroatoms. The number of anilines is 1. The molecule has 1 saturated heterocycles. The highest BCUT2D eigenvalue weighted by atomic mass is 35.5. The number of amides is 1. The first-order valence-corrected chi connectivity index (χ1v) is 8.89. The van der Waals surface area contributed by atoms with Crippen molar-refractivity contribution in [3.63, 3.8) is 0 Å². The van der Waals surface area contributed by atoms with Gasteiger partial charge >= 0.3 is 0 Å². The van der Waals surface area contributed by atoms with Crippen molar-refractivity contribution in [2.75, 3.05) is 5.32 Å². The molecule has 25 heavy (non-hydrogen) atoms. The third kappa shape index (κ3) is 3.72. The molecule has 4 rings (SSSR count). The van der Waals surface area contributed by atoms with E-state index in [1.54, 1.807) is 0 Å². The van der Waals surface area contributed by atoms with Crippen LogP contribution in [0.25, 0.3) is 5.69 Å². The topological polar surface area (TPSA) is 59.0 Å². The summed E-state index contributed by atoms with van der Waals surface area (Å²) in [5, 5.41) is 11.1. The van der Waals surface area contributed by atoms with Gasteiger partial charge in [0.25, 0.3) is 0 Å². The van der Waals surface area contributed by atoms with Crippen LogP contribution in [0.15, 0.2) is 36.5 Å². The molecule has 2 fully saturated rings. The van der Waals surface area contributed by atoms with Crippen molar-refractivity contribution < 1.29 is 4.79 Å². The third-order valence-corrected chi connectivity index (χ3v) is 5.34. The summed E-state index contributed by atoms with van der Waals surface area (Å²) in [6.07, 6.45) is 7.95. The number of benzene rings is 1. The SMILES string of the molecule is Cc1cn(-c2ccccc2)nc1NC(=O)C1CC2CCCCC2N1.Cl. The molecule has 3 atom stereocenters. The molecule has 1 amide bonds. The van der Waals surface area contributed by atoms with Crippen LogP contribution in [0.1, 0.15) is 37.7 Å². The summed E-state index contributed by atoms with van der Waals surface area (Å²) in [5.41, 5.74) is 1.97. The molecular weight excluding hydrogens is 336 g/mol. The van der Waals surface area contributed by atoms with Gasteiger partial charge in [0.2, 0.25) is 5.91 Å². The first-order chi connectivity index (χ1) is 11.7. The molecule has 2 aliphatic rings. The number of nitrogens with zero attached hydrogens (tertiary/aromatic N) is 2. The largest absolute Gasteiger partial charge is 0.308 e. The molecule has 1 aromatic heterocycles. The standard InChI is InChI=1S/C19H24N4O.ClH/c1-13-12-23(15-8-3-2-4-9-15)22-18(13)21-19(24)17-11-14-7-5-6-10-16(14)20-17;/h2-4,8-9,12,14,16-17,20H,5-7,10-11H2,1H3,(H,21,22,24);1H. The van der Waals surface area contributed by atoms with E-state index < -0.39 is 0 Å². The van der Waals surface area contributed by atoms with Gasteiger partial charge in [0.15, 0.2) is 5.82 Å². The monoisotopic (exact) mass is 360 g/mol. The summed E-state index contributed by atoms with van der Waals surface area (Å²) in [6, 6.07) is 10.4. The number of aryl methyl sites for hydroxylation is 1. The molecule has 2 heterocycles. The van der Waals surface area contributed by atoms with Gasteiger partial charge in [-0.15, -0.1) is 17.5 Å². The third-order valence-electron chi connectivity index (χ3n) is 5.34. The Balaban J connectivity index is 0.00000182. The van der Waals surface area contributed by atoms with Crippen molar-refractivity contribution >= 4 is 24.1 Å². The van der Waals surface area contributed by atoms with Crippen LogP contribution in [0, 0.1) is 12.8 Å². The molecular formula is C19H25ClN4O. The molecule has 1 aromatic carbocycles. The number of para-hydroxylation sites is 1. The maximum Gasteiger partial charge on any atom is 0.242 e. The average molecular weight is 361 g/mol. The second kappa shape index (κ2) is 7.58. The van der Waals surface area contributed by atoms with Crippen molar-refractivity contribution in [1.82, 2.24) is 15.1 Å². The van der Waals surface area contributed by atoms with Crippen LogP contribution >= 0.6 is 12.4 Å². The van der Waals surface area contributed by atoms with E-state index in [4.69, 9.17) is 0 Å². The molecule has 1 saturated carbocycles. The van der Waals surface area contributed by atoms with Crippen molar-refractivity contribution in [2.45, 2.75) is 51.1 Å². The predicted octanol–water partition coefficient (Wildman–Crippen LogP) is 3.46. The number of halogens is 1. The fourth-order valence-corrected chi connectivity index (χ4v) is 4.02. The van der Waals surface area contributed by atoms with Crippen LogP contribution in [0.3, 0.4) is 0 Å². The van der Waals surface area contributed by atoms with Gasteiger partial charge in [-0.25, -0.2) is 4.68 Å². The second-order valence-electron chi connectivity index (χ2n) is 7.04. The quantitative estimate of drug-likeness (QED) is 0.881. The highest BCUT2D eigenvalue weighted by Gasteiger charge is 2.38. The lowest BCUT2D eigenvalue weighted by Gasteiger charge is -2.24. The van der Waals surface area contributed by atoms with Gasteiger partial charge in [0.1, 0.15) is 0 Å². The van der Waals surface area contributed by atoms with Crippen LogP contribution < -0.4 is 10.6 Å². The zero-order chi connectivity index (χ0) is 16.5. The molecule has 134 valence electrons. The summed E-state index contributed by atoms with van der Waals surface area (Å²) >= 11 is 0. The molecule has 2 N–H and O–H groups in total. The Morgan fingerprint density at radius 3 is 2.76 bits per heavy atom. The minimum atomic E-state index is -0.0839. The molecule has 1 aliphatic heterocycles. The Labute approximate surface area is 154 Å². The van der Waals surface area contributed by atoms with Gasteiger partial charge in [-0.2, -0.15) is 0 Å². The van der Waals surface area contributed by atoms with E-state index in [0.717, 1.165) is 17.7 Å². The Kier molecular flexibility index (Phi) is 5.45. The Bertz CT molecular complexity index is 716. The molecule has 1 aliphatic carbocycles. The van der Waals surface area contributed by atoms with Crippen molar-refractivity contribution in [3.8, 4) is 5.69 Å². The Morgan fingerprint density at radius 2 is 2.00 bits per heavy atom. The van der Waals surface area contributed by atoms with Gasteiger partial charge in [0.05, 0.1) is 11.7 Å². The molecule has 2 aromatic rings. The molecule has 5 nitrogen and oxygen atoms in total. The van der Waals surface area contributed by atoms with Crippen LogP contribution in [-0.4, -0.2) is 27.8 Å². The molecule has 3 unspecified atom stereocenters. The van der Waals surface area contributed by atoms with E-state index in [1.165, 1.54) is 25.7 Å². The van der Waals surface area contributed by atoms with E-state index in [2.05, 4.69) is 15.7 Å². The summed E-state index contributed by atoms with van der Waals surface area (Å²) in [4.78, 5) is 12.6. The van der Waals surface area contributed by atoms with Gasteiger partial charge in [-0.1, -0.05) is 31.0 Å². The first-order valence-electron chi connectivity index (χ1n) is 8.89. The molecule has 0 spiro atoms. The zero-order valence-corrected chi connectivity index (χ0v) is 15.3. The second-order valence-corrected chi connectivity index (χ2v) is 7.04. The molecule has 0 bridgehead atoms. The lowest BCUT2D eigenvalue weighted by Crippen LogP contribution is -2.40. The van der Waals surface area contributed by atoms with E-state index in [1.807, 2.05) is 48.1 Å². The summed E-state index contributed by atoms with van der Waals surface area (Å²) in [5.74, 6) is 1.36. The highest BCUT2D eigenvalue weighted by Crippen LogP contribution is 2.33. The van der Waals surface area contributed by atoms with Crippen LogP contribution in [-0.2, 0) is 4.79 Å². The fraction of sp³-hybridized carbons (Fsp3) is 0.474. The van der Waals surface area contributed by atoms with Crippen LogP contribution in [0.5, 0.6) is 0 Å². The lowest BCUT2D eigenvalue weighted by atomic mass is 9.85. The number of carbonyl (C=O) groups excluding carboxylic acids is 1. The maximum atomic E-state index is 12.6. The van der Waals surface area contributed by atoms with Gasteiger partial charge < -0.3 is 10.6 Å². The van der Waals surface area contributed by atoms with Crippen LogP contribution in [0.4, 0.5) is 5.82 Å². The smallest absolute Gasteiger partial charge is 0.242 e. The van der Waals surface area contributed by atoms with E-state index in [-0.39, 0.29) is 24.4 Å². The van der Waals surface area contributed by atoms with Gasteiger partial charge in [-0.05, 0) is 44.2 Å². The lowest BCUT2D eigenvalue weighted by molar-refractivity contribution is -0.117. The van der Waals surface area contributed by atoms with Crippen LogP contribution in [0.2, 0.25) is 0 Å². The summed E-state index contributed by atoms with van der Waals surface area (Å²) in [6.45, 7) is 1.98. The zero-order valence-electron chi connectivity index (χ0n) is 14.4. The Morgan fingerprint density at radius 1 is 1.24 bits per heavy atom. The fourth-order valence-electron chi connectivity index (χ4n) is 4.02. The van der Waals surface area contributed by atoms with Gasteiger partial charge in [-0.3, -0.25) is 4.79 Å².